The molecule has 3 aliphatic rings. The molecule has 5 nitrogen and oxygen atoms in total. The van der Waals surface area contributed by atoms with Gasteiger partial charge in [-0.1, -0.05) is 33.1 Å². The first kappa shape index (κ1) is 15.8. The highest BCUT2D eigenvalue weighted by Gasteiger charge is 2.53. The summed E-state index contributed by atoms with van der Waals surface area (Å²) < 4.78 is 0. The second kappa shape index (κ2) is 6.19. The van der Waals surface area contributed by atoms with Crippen LogP contribution in [-0.4, -0.2) is 53.0 Å². The number of rotatable bonds is 3. The zero-order valence-electron chi connectivity index (χ0n) is 13.9. The minimum atomic E-state index is -0.609. The van der Waals surface area contributed by atoms with Crippen molar-refractivity contribution in [1.82, 2.24) is 15.1 Å². The van der Waals surface area contributed by atoms with Crippen LogP contribution in [0.5, 0.6) is 0 Å². The Hall–Kier alpha value is -1.10. The molecule has 3 amide bonds. The first-order valence-electron chi connectivity index (χ1n) is 8.90. The maximum absolute atomic E-state index is 12.9. The SMILES string of the molecule is CC(C)CN1CCC2(CC1)NC(=O)N(C1CCCCC1)C2=O. The van der Waals surface area contributed by atoms with Crippen LogP contribution in [0.3, 0.4) is 0 Å². The molecule has 1 N–H and O–H groups in total. The van der Waals surface area contributed by atoms with Gasteiger partial charge >= 0.3 is 6.03 Å². The van der Waals surface area contributed by atoms with Crippen molar-refractivity contribution < 1.29 is 9.59 Å². The van der Waals surface area contributed by atoms with E-state index in [1.54, 1.807) is 4.90 Å². The van der Waals surface area contributed by atoms with Crippen molar-refractivity contribution in [1.29, 1.82) is 0 Å². The van der Waals surface area contributed by atoms with Gasteiger partial charge in [0, 0.05) is 25.7 Å². The van der Waals surface area contributed by atoms with E-state index in [1.165, 1.54) is 6.42 Å². The fourth-order valence-corrected chi connectivity index (χ4v) is 4.28. The number of carbonyl (C=O) groups is 2. The third-order valence-corrected chi connectivity index (χ3v) is 5.47. The number of likely N-dealkylation sites (tertiary alicyclic amines) is 1. The molecular formula is C17H29N3O2. The maximum atomic E-state index is 12.9. The lowest BCUT2D eigenvalue weighted by atomic mass is 9.86. The second-order valence-electron chi connectivity index (χ2n) is 7.67. The van der Waals surface area contributed by atoms with Gasteiger partial charge in [0.05, 0.1) is 0 Å². The standard InChI is InChI=1S/C17H29N3O2/c1-13(2)12-19-10-8-17(9-11-19)15(21)20(16(22)18-17)14-6-4-3-5-7-14/h13-14H,3-12H2,1-2H3,(H,18,22). The van der Waals surface area contributed by atoms with Crippen molar-refractivity contribution in [3.05, 3.63) is 0 Å². The molecule has 2 saturated heterocycles. The molecule has 0 aromatic heterocycles. The number of nitrogens with zero attached hydrogens (tertiary/aromatic N) is 2. The van der Waals surface area contributed by atoms with Gasteiger partial charge in [-0.3, -0.25) is 9.69 Å². The van der Waals surface area contributed by atoms with E-state index in [9.17, 15) is 9.59 Å². The molecule has 0 bridgehead atoms. The number of carbonyl (C=O) groups excluding carboxylic acids is 2. The normalized spacial score (nSPS) is 27.0. The zero-order valence-corrected chi connectivity index (χ0v) is 13.9. The maximum Gasteiger partial charge on any atom is 0.325 e. The molecule has 1 saturated carbocycles. The molecule has 2 heterocycles. The average Bonchev–Trinajstić information content (AvgIpc) is 2.73. The molecule has 0 unspecified atom stereocenters. The van der Waals surface area contributed by atoms with Crippen molar-refractivity contribution >= 4 is 11.9 Å². The Morgan fingerprint density at radius 3 is 2.36 bits per heavy atom. The van der Waals surface area contributed by atoms with Crippen LogP contribution in [0.25, 0.3) is 0 Å². The van der Waals surface area contributed by atoms with E-state index >= 15 is 0 Å². The van der Waals surface area contributed by atoms with Gasteiger partial charge < -0.3 is 10.2 Å². The van der Waals surface area contributed by atoms with Gasteiger partial charge in [0.2, 0.25) is 0 Å². The highest BCUT2D eigenvalue weighted by atomic mass is 16.2. The van der Waals surface area contributed by atoms with Crippen molar-refractivity contribution in [2.45, 2.75) is 70.4 Å². The molecule has 0 aromatic rings. The Balaban J connectivity index is 1.66. The molecule has 0 aromatic carbocycles. The van der Waals surface area contributed by atoms with Gasteiger partial charge in [-0.15, -0.1) is 0 Å². The molecule has 0 atom stereocenters. The van der Waals surface area contributed by atoms with E-state index in [0.29, 0.717) is 5.92 Å². The molecule has 0 radical (unpaired) electrons. The molecule has 2 aliphatic heterocycles. The monoisotopic (exact) mass is 307 g/mol. The molecule has 5 heteroatoms. The highest BCUT2D eigenvalue weighted by molar-refractivity contribution is 6.07. The summed E-state index contributed by atoms with van der Waals surface area (Å²) in [6.07, 6.45) is 6.98. The van der Waals surface area contributed by atoms with Gasteiger partial charge in [-0.2, -0.15) is 0 Å². The fraction of sp³-hybridized carbons (Fsp3) is 0.882. The molecule has 1 spiro atoms. The average molecular weight is 307 g/mol. The number of nitrogens with one attached hydrogen (secondary N) is 1. The van der Waals surface area contributed by atoms with Crippen LogP contribution < -0.4 is 5.32 Å². The van der Waals surface area contributed by atoms with E-state index in [4.69, 9.17) is 0 Å². The Bertz CT molecular complexity index is 435. The van der Waals surface area contributed by atoms with Gasteiger partial charge in [0.1, 0.15) is 5.54 Å². The van der Waals surface area contributed by atoms with Crippen LogP contribution in [0.15, 0.2) is 0 Å². The van der Waals surface area contributed by atoms with E-state index in [2.05, 4.69) is 24.1 Å². The van der Waals surface area contributed by atoms with Gasteiger partial charge in [-0.25, -0.2) is 4.79 Å². The molecule has 3 fully saturated rings. The number of hydrogen-bond donors (Lipinski definition) is 1. The number of hydrogen-bond acceptors (Lipinski definition) is 3. The van der Waals surface area contributed by atoms with E-state index in [1.807, 2.05) is 0 Å². The fourth-order valence-electron chi connectivity index (χ4n) is 4.28. The lowest BCUT2D eigenvalue weighted by Gasteiger charge is -2.38. The number of urea groups is 1. The molecule has 1 aliphatic carbocycles. The van der Waals surface area contributed by atoms with Crippen LogP contribution in [0.2, 0.25) is 0 Å². The molecule has 3 rings (SSSR count). The Morgan fingerprint density at radius 2 is 1.77 bits per heavy atom. The third kappa shape index (κ3) is 2.87. The minimum Gasteiger partial charge on any atom is -0.323 e. The largest absolute Gasteiger partial charge is 0.325 e. The molecular weight excluding hydrogens is 278 g/mol. The minimum absolute atomic E-state index is 0.0496. The molecule has 22 heavy (non-hydrogen) atoms. The Morgan fingerprint density at radius 1 is 1.14 bits per heavy atom. The Labute approximate surface area is 133 Å². The molecule has 124 valence electrons. The summed E-state index contributed by atoms with van der Waals surface area (Å²) in [7, 11) is 0. The van der Waals surface area contributed by atoms with Crippen LogP contribution >= 0.6 is 0 Å². The predicted molar refractivity (Wildman–Crippen MR) is 85.5 cm³/mol. The van der Waals surface area contributed by atoms with Crippen molar-refractivity contribution in [2.24, 2.45) is 5.92 Å². The van der Waals surface area contributed by atoms with Crippen LogP contribution in [0.1, 0.15) is 58.8 Å². The van der Waals surface area contributed by atoms with E-state index in [0.717, 1.165) is 58.2 Å². The smallest absolute Gasteiger partial charge is 0.323 e. The highest BCUT2D eigenvalue weighted by Crippen LogP contribution is 2.34. The van der Waals surface area contributed by atoms with Crippen molar-refractivity contribution in [2.75, 3.05) is 19.6 Å². The second-order valence-corrected chi connectivity index (χ2v) is 7.67. The van der Waals surface area contributed by atoms with E-state index in [-0.39, 0.29) is 18.0 Å². The van der Waals surface area contributed by atoms with Crippen molar-refractivity contribution in [3.8, 4) is 0 Å². The summed E-state index contributed by atoms with van der Waals surface area (Å²) in [6, 6.07) is -0.0106. The Kier molecular flexibility index (Phi) is 4.44. The topological polar surface area (TPSA) is 52.7 Å². The van der Waals surface area contributed by atoms with Crippen LogP contribution in [0.4, 0.5) is 4.79 Å². The van der Waals surface area contributed by atoms with Gasteiger partial charge in [0.15, 0.2) is 0 Å². The summed E-state index contributed by atoms with van der Waals surface area (Å²) in [5.74, 6) is 0.690. The summed E-state index contributed by atoms with van der Waals surface area (Å²) in [4.78, 5) is 29.3. The summed E-state index contributed by atoms with van der Waals surface area (Å²) in [6.45, 7) is 7.32. The van der Waals surface area contributed by atoms with Gasteiger partial charge in [0.25, 0.3) is 5.91 Å². The summed E-state index contributed by atoms with van der Waals surface area (Å²) >= 11 is 0. The van der Waals surface area contributed by atoms with Crippen molar-refractivity contribution in [3.63, 3.8) is 0 Å². The first-order chi connectivity index (χ1) is 10.5. The predicted octanol–water partition coefficient (Wildman–Crippen LogP) is 2.36. The van der Waals surface area contributed by atoms with Crippen LogP contribution in [-0.2, 0) is 4.79 Å². The number of imide groups is 1. The summed E-state index contributed by atoms with van der Waals surface area (Å²) in [5, 5.41) is 3.05. The van der Waals surface area contributed by atoms with Crippen LogP contribution in [0, 0.1) is 5.92 Å². The lowest BCUT2D eigenvalue weighted by molar-refractivity contribution is -0.135. The quantitative estimate of drug-likeness (QED) is 0.814. The third-order valence-electron chi connectivity index (χ3n) is 5.47. The van der Waals surface area contributed by atoms with E-state index < -0.39 is 5.54 Å². The number of piperidine rings is 1. The lowest BCUT2D eigenvalue weighted by Crippen LogP contribution is -2.55. The number of amides is 3. The summed E-state index contributed by atoms with van der Waals surface area (Å²) in [5.41, 5.74) is -0.609. The van der Waals surface area contributed by atoms with Gasteiger partial charge in [-0.05, 0) is 31.6 Å². The zero-order chi connectivity index (χ0) is 15.7. The first-order valence-corrected chi connectivity index (χ1v) is 8.90.